The molecule has 0 saturated carbocycles. The molecule has 8 nitrogen and oxygen atoms in total. The van der Waals surface area contributed by atoms with Gasteiger partial charge in [-0.2, -0.15) is 0 Å². The van der Waals surface area contributed by atoms with Gasteiger partial charge in [-0.15, -0.1) is 11.8 Å². The van der Waals surface area contributed by atoms with Crippen LogP contribution in [0.1, 0.15) is 38.5 Å². The molecule has 170 valence electrons. The highest BCUT2D eigenvalue weighted by Crippen LogP contribution is 2.34. The van der Waals surface area contributed by atoms with Crippen LogP contribution in [0.2, 0.25) is 0 Å². The van der Waals surface area contributed by atoms with Gasteiger partial charge in [-0.1, -0.05) is 25.0 Å². The molecule has 2 aliphatic heterocycles. The second-order valence-electron chi connectivity index (χ2n) is 8.11. The number of para-hydroxylation sites is 1. The minimum absolute atomic E-state index is 0.351. The highest BCUT2D eigenvalue weighted by atomic mass is 32.2. The quantitative estimate of drug-likeness (QED) is 0.467. The Labute approximate surface area is 187 Å². The lowest BCUT2D eigenvalue weighted by Gasteiger charge is -2.27. The average Bonchev–Trinajstić information content (AvgIpc) is 2.88. The van der Waals surface area contributed by atoms with Crippen molar-refractivity contribution >= 4 is 35.3 Å². The molecule has 1 aromatic rings. The van der Waals surface area contributed by atoms with Crippen LogP contribution in [-0.4, -0.2) is 77.0 Å². The van der Waals surface area contributed by atoms with Gasteiger partial charge in [-0.05, 0) is 57.5 Å². The molecule has 0 unspecified atom stereocenters. The standard InChI is InChI=1S/C22H31N3O5S/c26-20(27)14-25-18-9-2-3-10-19(18)31-15-17(21(25)28)23-16(22(29)30)8-4-7-13-24-11-5-1-6-12-24/h2-3,9-10,16-17,23H,1,4-8,11-15H2,(H,26,27)(H,29,30)/t16-,17-/m0/s1. The molecule has 0 bridgehead atoms. The van der Waals surface area contributed by atoms with E-state index in [-0.39, 0.29) is 0 Å². The van der Waals surface area contributed by atoms with Crippen molar-refractivity contribution in [1.82, 2.24) is 10.2 Å². The van der Waals surface area contributed by atoms with E-state index < -0.39 is 36.5 Å². The first-order valence-electron chi connectivity index (χ1n) is 10.9. The Bertz CT molecular complexity index is 784. The van der Waals surface area contributed by atoms with E-state index in [1.54, 1.807) is 12.1 Å². The fourth-order valence-corrected chi connectivity index (χ4v) is 5.24. The Hall–Kier alpha value is -2.10. The number of piperidine rings is 1. The topological polar surface area (TPSA) is 110 Å². The summed E-state index contributed by atoms with van der Waals surface area (Å²) in [4.78, 5) is 40.8. The summed E-state index contributed by atoms with van der Waals surface area (Å²) >= 11 is 1.44. The number of likely N-dealkylation sites (tertiary alicyclic amines) is 1. The molecule has 1 amide bonds. The number of amides is 1. The van der Waals surface area contributed by atoms with Crippen molar-refractivity contribution in [1.29, 1.82) is 0 Å². The number of anilines is 1. The third-order valence-electron chi connectivity index (χ3n) is 5.79. The Morgan fingerprint density at radius 1 is 1.13 bits per heavy atom. The smallest absolute Gasteiger partial charge is 0.323 e. The summed E-state index contributed by atoms with van der Waals surface area (Å²) in [5.41, 5.74) is 0.553. The number of aliphatic carboxylic acids is 2. The molecule has 3 N–H and O–H groups in total. The molecule has 31 heavy (non-hydrogen) atoms. The van der Waals surface area contributed by atoms with E-state index in [1.807, 2.05) is 12.1 Å². The SMILES string of the molecule is O=C(O)CN1C(=O)[C@@H](N[C@@H](CCCCN2CCCCC2)C(=O)O)CSc2ccccc21. The Balaban J connectivity index is 1.60. The molecule has 0 radical (unpaired) electrons. The second kappa shape index (κ2) is 11.5. The van der Waals surface area contributed by atoms with E-state index in [4.69, 9.17) is 0 Å². The molecule has 2 aliphatic rings. The molecule has 0 spiro atoms. The molecule has 0 aliphatic carbocycles. The predicted octanol–water partition coefficient (Wildman–Crippen LogP) is 2.28. The van der Waals surface area contributed by atoms with Crippen molar-refractivity contribution in [2.45, 2.75) is 55.5 Å². The first kappa shape index (κ1) is 23.6. The first-order chi connectivity index (χ1) is 15.0. The number of carbonyl (C=O) groups excluding carboxylic acids is 1. The molecular formula is C22H31N3O5S. The van der Waals surface area contributed by atoms with Crippen LogP contribution in [0.15, 0.2) is 29.2 Å². The van der Waals surface area contributed by atoms with Crippen LogP contribution < -0.4 is 10.2 Å². The highest BCUT2D eigenvalue weighted by Gasteiger charge is 2.34. The minimum atomic E-state index is -1.11. The van der Waals surface area contributed by atoms with E-state index in [0.717, 1.165) is 37.4 Å². The normalized spacial score (nSPS) is 20.7. The minimum Gasteiger partial charge on any atom is -0.480 e. The van der Waals surface area contributed by atoms with Crippen molar-refractivity contribution < 1.29 is 24.6 Å². The summed E-state index contributed by atoms with van der Waals surface area (Å²) in [6.45, 7) is 2.76. The number of carboxylic acid groups (broad SMARTS) is 2. The number of hydrogen-bond donors (Lipinski definition) is 3. The van der Waals surface area contributed by atoms with Crippen molar-refractivity contribution in [3.8, 4) is 0 Å². The maximum atomic E-state index is 13.1. The van der Waals surface area contributed by atoms with Crippen LogP contribution in [0.3, 0.4) is 0 Å². The Kier molecular flexibility index (Phi) is 8.74. The number of rotatable bonds is 10. The lowest BCUT2D eigenvalue weighted by atomic mass is 10.1. The highest BCUT2D eigenvalue weighted by molar-refractivity contribution is 7.99. The number of nitrogens with one attached hydrogen (secondary N) is 1. The third-order valence-corrected chi connectivity index (χ3v) is 6.94. The van der Waals surface area contributed by atoms with Gasteiger partial charge >= 0.3 is 11.9 Å². The molecule has 1 fully saturated rings. The third kappa shape index (κ3) is 6.69. The zero-order chi connectivity index (χ0) is 22.2. The molecule has 3 rings (SSSR count). The molecule has 2 heterocycles. The van der Waals surface area contributed by atoms with Gasteiger partial charge in [-0.3, -0.25) is 24.6 Å². The maximum Gasteiger partial charge on any atom is 0.323 e. The van der Waals surface area contributed by atoms with Crippen LogP contribution in [0.4, 0.5) is 5.69 Å². The lowest BCUT2D eigenvalue weighted by Crippen LogP contribution is -2.53. The number of fused-ring (bicyclic) bond motifs is 1. The Morgan fingerprint density at radius 3 is 2.58 bits per heavy atom. The van der Waals surface area contributed by atoms with Gasteiger partial charge < -0.3 is 15.1 Å². The fraction of sp³-hybridized carbons (Fsp3) is 0.591. The van der Waals surface area contributed by atoms with Gasteiger partial charge in [0.2, 0.25) is 5.91 Å². The molecule has 0 aromatic heterocycles. The number of unbranched alkanes of at least 4 members (excludes halogenated alkanes) is 1. The Morgan fingerprint density at radius 2 is 1.87 bits per heavy atom. The largest absolute Gasteiger partial charge is 0.480 e. The molecule has 1 saturated heterocycles. The molecule has 9 heteroatoms. The van der Waals surface area contributed by atoms with Crippen LogP contribution in [-0.2, 0) is 14.4 Å². The lowest BCUT2D eigenvalue weighted by molar-refractivity contribution is -0.140. The van der Waals surface area contributed by atoms with Crippen LogP contribution in [0.5, 0.6) is 0 Å². The van der Waals surface area contributed by atoms with Crippen molar-refractivity contribution in [3.05, 3.63) is 24.3 Å². The second-order valence-corrected chi connectivity index (χ2v) is 9.17. The molecular weight excluding hydrogens is 418 g/mol. The summed E-state index contributed by atoms with van der Waals surface area (Å²) < 4.78 is 0. The number of hydrogen-bond acceptors (Lipinski definition) is 6. The van der Waals surface area contributed by atoms with E-state index in [1.165, 1.54) is 35.9 Å². The monoisotopic (exact) mass is 449 g/mol. The zero-order valence-electron chi connectivity index (χ0n) is 17.7. The number of benzene rings is 1. The number of thioether (sulfide) groups is 1. The average molecular weight is 450 g/mol. The summed E-state index contributed by atoms with van der Waals surface area (Å²) in [6, 6.07) is 5.56. The predicted molar refractivity (Wildman–Crippen MR) is 120 cm³/mol. The van der Waals surface area contributed by atoms with E-state index in [0.29, 0.717) is 17.9 Å². The van der Waals surface area contributed by atoms with Gasteiger partial charge in [0, 0.05) is 10.6 Å². The summed E-state index contributed by atoms with van der Waals surface area (Å²) in [6.07, 6.45) is 5.87. The fourth-order valence-electron chi connectivity index (χ4n) is 4.16. The van der Waals surface area contributed by atoms with Crippen molar-refractivity contribution in [2.24, 2.45) is 0 Å². The number of nitrogens with zero attached hydrogens (tertiary/aromatic N) is 2. The maximum absolute atomic E-state index is 13.1. The number of carboxylic acids is 2. The van der Waals surface area contributed by atoms with E-state index in [2.05, 4.69) is 10.2 Å². The summed E-state index contributed by atoms with van der Waals surface area (Å²) in [7, 11) is 0. The van der Waals surface area contributed by atoms with E-state index in [9.17, 15) is 24.6 Å². The van der Waals surface area contributed by atoms with Gasteiger partial charge in [0.15, 0.2) is 0 Å². The van der Waals surface area contributed by atoms with Gasteiger partial charge in [-0.25, -0.2) is 0 Å². The van der Waals surface area contributed by atoms with Crippen molar-refractivity contribution in [3.63, 3.8) is 0 Å². The van der Waals surface area contributed by atoms with Crippen LogP contribution in [0, 0.1) is 0 Å². The zero-order valence-corrected chi connectivity index (χ0v) is 18.5. The van der Waals surface area contributed by atoms with Crippen LogP contribution in [0.25, 0.3) is 0 Å². The van der Waals surface area contributed by atoms with Gasteiger partial charge in [0.1, 0.15) is 12.6 Å². The first-order valence-corrected chi connectivity index (χ1v) is 11.9. The number of carbonyl (C=O) groups is 3. The summed E-state index contributed by atoms with van der Waals surface area (Å²) in [5.74, 6) is -2.15. The van der Waals surface area contributed by atoms with Crippen LogP contribution >= 0.6 is 11.8 Å². The van der Waals surface area contributed by atoms with Crippen molar-refractivity contribution in [2.75, 3.05) is 36.8 Å². The van der Waals surface area contributed by atoms with Gasteiger partial charge in [0.25, 0.3) is 0 Å². The molecule has 2 atom stereocenters. The summed E-state index contributed by atoms with van der Waals surface area (Å²) in [5, 5.41) is 22.0. The van der Waals surface area contributed by atoms with Gasteiger partial charge in [0.05, 0.1) is 11.7 Å². The van der Waals surface area contributed by atoms with E-state index >= 15 is 0 Å². The molecule has 1 aromatic carbocycles.